The Kier molecular flexibility index (Phi) is 8.83. The smallest absolute Gasteiger partial charge is 0.409 e. The fraction of sp³-hybridized carbons (Fsp3) is 0.581. The van der Waals surface area contributed by atoms with Gasteiger partial charge in [-0.25, -0.2) is 4.79 Å². The Morgan fingerprint density at radius 3 is 1.82 bits per heavy atom. The highest BCUT2D eigenvalue weighted by Gasteiger charge is 2.41. The summed E-state index contributed by atoms with van der Waals surface area (Å²) in [7, 11) is -4.03. The van der Waals surface area contributed by atoms with Crippen LogP contribution >= 0.6 is 0 Å². The minimum atomic E-state index is -2.06. The fourth-order valence-corrected chi connectivity index (χ4v) is 6.73. The number of carboxylic acid groups (broad SMARTS) is 1. The van der Waals surface area contributed by atoms with Gasteiger partial charge in [-0.05, 0) is 97.0 Å². The first-order valence-electron chi connectivity index (χ1n) is 14.0. The molecule has 1 saturated carbocycles. The number of benzene rings is 2. The van der Waals surface area contributed by atoms with Gasteiger partial charge in [-0.2, -0.15) is 0 Å². The van der Waals surface area contributed by atoms with E-state index in [2.05, 4.69) is 97.3 Å². The molecule has 1 aliphatic rings. The molecule has 2 aromatic rings. The molecular formula is C31H49NO4Si2. The standard InChI is InChI=1S/C31H49NO4Si2/c1-30(2,3)37(7,8)35-24-19-20-26(28(21-24)36-38(9,10)31(4,5)6)23-17-15-22(16-18-23)25-13-11-12-14-27(25)32-29(33)34/h11-14,19-23,32H,15-18H2,1-10H3,(H,33,34). The average molecular weight is 556 g/mol. The van der Waals surface area contributed by atoms with E-state index in [1.807, 2.05) is 18.2 Å². The molecule has 0 aromatic heterocycles. The number of nitrogens with one attached hydrogen (secondary N) is 1. The van der Waals surface area contributed by atoms with Crippen LogP contribution in [-0.4, -0.2) is 27.8 Å². The summed E-state index contributed by atoms with van der Waals surface area (Å²) in [6, 6.07) is 14.4. The molecular weight excluding hydrogens is 507 g/mol. The summed E-state index contributed by atoms with van der Waals surface area (Å²) < 4.78 is 13.7. The van der Waals surface area contributed by atoms with E-state index < -0.39 is 22.7 Å². The monoisotopic (exact) mass is 555 g/mol. The van der Waals surface area contributed by atoms with Crippen molar-refractivity contribution in [3.05, 3.63) is 53.6 Å². The van der Waals surface area contributed by atoms with Crippen molar-refractivity contribution in [1.82, 2.24) is 0 Å². The molecule has 210 valence electrons. The normalized spacial score (nSPS) is 19.1. The maximum Gasteiger partial charge on any atom is 0.409 e. The van der Waals surface area contributed by atoms with Gasteiger partial charge < -0.3 is 14.0 Å². The minimum Gasteiger partial charge on any atom is -0.543 e. The van der Waals surface area contributed by atoms with Crippen molar-refractivity contribution in [2.24, 2.45) is 0 Å². The van der Waals surface area contributed by atoms with Crippen molar-refractivity contribution < 1.29 is 18.8 Å². The molecule has 1 aliphatic carbocycles. The van der Waals surface area contributed by atoms with Crippen LogP contribution in [-0.2, 0) is 0 Å². The quantitative estimate of drug-likeness (QED) is 0.334. The zero-order valence-electron chi connectivity index (χ0n) is 25.2. The number of rotatable bonds is 7. The van der Waals surface area contributed by atoms with Crippen molar-refractivity contribution >= 4 is 28.4 Å². The van der Waals surface area contributed by atoms with E-state index in [0.717, 1.165) is 42.7 Å². The topological polar surface area (TPSA) is 67.8 Å². The van der Waals surface area contributed by atoms with Gasteiger partial charge in [-0.15, -0.1) is 0 Å². The van der Waals surface area contributed by atoms with Crippen LogP contribution in [0.1, 0.15) is 90.2 Å². The maximum absolute atomic E-state index is 11.3. The number of hydrogen-bond donors (Lipinski definition) is 2. The lowest BCUT2D eigenvalue weighted by atomic mass is 9.75. The van der Waals surface area contributed by atoms with Gasteiger partial charge in [0.15, 0.2) is 0 Å². The van der Waals surface area contributed by atoms with Gasteiger partial charge in [-0.3, -0.25) is 5.32 Å². The molecule has 0 saturated heterocycles. The summed E-state index contributed by atoms with van der Waals surface area (Å²) in [5.41, 5.74) is 3.09. The van der Waals surface area contributed by atoms with E-state index in [-0.39, 0.29) is 10.1 Å². The van der Waals surface area contributed by atoms with Crippen LogP contribution < -0.4 is 14.2 Å². The van der Waals surface area contributed by atoms with Crippen molar-refractivity contribution in [1.29, 1.82) is 0 Å². The molecule has 0 radical (unpaired) electrons. The summed E-state index contributed by atoms with van der Waals surface area (Å²) in [5, 5.41) is 12.1. The lowest BCUT2D eigenvalue weighted by Crippen LogP contribution is -2.44. The van der Waals surface area contributed by atoms with Crippen molar-refractivity contribution in [3.63, 3.8) is 0 Å². The molecule has 38 heavy (non-hydrogen) atoms. The summed E-state index contributed by atoms with van der Waals surface area (Å²) in [6.07, 6.45) is 3.11. The Hall–Kier alpha value is -2.26. The molecule has 3 rings (SSSR count). The largest absolute Gasteiger partial charge is 0.543 e. The second-order valence-corrected chi connectivity index (χ2v) is 23.4. The van der Waals surface area contributed by atoms with Crippen LogP contribution in [0.25, 0.3) is 0 Å². The molecule has 1 amide bonds. The second-order valence-electron chi connectivity index (χ2n) is 14.0. The summed E-state index contributed by atoms with van der Waals surface area (Å²) in [4.78, 5) is 11.3. The SMILES string of the molecule is CC(C)(C)[Si](C)(C)Oc1ccc(C2CCC(c3ccccc3NC(=O)O)CC2)c(O[Si](C)(C)C(C)(C)C)c1. The first-order valence-corrected chi connectivity index (χ1v) is 19.8. The molecule has 0 heterocycles. The zero-order valence-corrected chi connectivity index (χ0v) is 27.2. The van der Waals surface area contributed by atoms with E-state index in [4.69, 9.17) is 8.85 Å². The van der Waals surface area contributed by atoms with Crippen molar-refractivity contribution in [3.8, 4) is 11.5 Å². The van der Waals surface area contributed by atoms with E-state index in [0.29, 0.717) is 17.5 Å². The van der Waals surface area contributed by atoms with Crippen molar-refractivity contribution in [2.75, 3.05) is 5.32 Å². The minimum absolute atomic E-state index is 0.0963. The maximum atomic E-state index is 11.3. The van der Waals surface area contributed by atoms with E-state index in [9.17, 15) is 9.90 Å². The second kappa shape index (κ2) is 11.1. The van der Waals surface area contributed by atoms with Gasteiger partial charge in [0.05, 0.1) is 0 Å². The summed E-state index contributed by atoms with van der Waals surface area (Å²) in [6.45, 7) is 22.8. The van der Waals surface area contributed by atoms with Crippen LogP contribution in [0.2, 0.25) is 36.3 Å². The lowest BCUT2D eigenvalue weighted by molar-refractivity contribution is 0.209. The fourth-order valence-electron chi connectivity index (χ4n) is 4.68. The van der Waals surface area contributed by atoms with Gasteiger partial charge in [-0.1, -0.05) is 65.8 Å². The zero-order chi connectivity index (χ0) is 28.5. The Morgan fingerprint density at radius 2 is 1.29 bits per heavy atom. The highest BCUT2D eigenvalue weighted by atomic mass is 28.4. The van der Waals surface area contributed by atoms with Crippen LogP contribution in [0.4, 0.5) is 10.5 Å². The Balaban J connectivity index is 1.89. The predicted octanol–water partition coefficient (Wildman–Crippen LogP) is 9.99. The van der Waals surface area contributed by atoms with E-state index in [1.165, 1.54) is 5.56 Å². The molecule has 5 nitrogen and oxygen atoms in total. The van der Waals surface area contributed by atoms with Gasteiger partial charge >= 0.3 is 6.09 Å². The summed E-state index contributed by atoms with van der Waals surface area (Å²) >= 11 is 0. The molecule has 0 spiro atoms. The number of amides is 1. The number of para-hydroxylation sites is 1. The molecule has 0 aliphatic heterocycles. The number of hydrogen-bond acceptors (Lipinski definition) is 3. The lowest BCUT2D eigenvalue weighted by Gasteiger charge is -2.39. The van der Waals surface area contributed by atoms with Crippen LogP contribution in [0, 0.1) is 0 Å². The third-order valence-corrected chi connectivity index (χ3v) is 17.8. The molecule has 1 fully saturated rings. The van der Waals surface area contributed by atoms with Gasteiger partial charge in [0.2, 0.25) is 16.6 Å². The highest BCUT2D eigenvalue weighted by Crippen LogP contribution is 2.47. The van der Waals surface area contributed by atoms with Crippen LogP contribution in [0.3, 0.4) is 0 Å². The molecule has 0 bridgehead atoms. The molecule has 2 N–H and O–H groups in total. The van der Waals surface area contributed by atoms with E-state index in [1.54, 1.807) is 0 Å². The predicted molar refractivity (Wildman–Crippen MR) is 164 cm³/mol. The van der Waals surface area contributed by atoms with Gasteiger partial charge in [0, 0.05) is 11.8 Å². The average Bonchev–Trinajstić information content (AvgIpc) is 2.77. The van der Waals surface area contributed by atoms with Crippen molar-refractivity contribution in [2.45, 2.75) is 115 Å². The van der Waals surface area contributed by atoms with Gasteiger partial charge in [0.1, 0.15) is 11.5 Å². The van der Waals surface area contributed by atoms with Crippen LogP contribution in [0.15, 0.2) is 42.5 Å². The Morgan fingerprint density at radius 1 is 0.789 bits per heavy atom. The third-order valence-electron chi connectivity index (χ3n) is 9.14. The Labute approximate surface area is 232 Å². The third kappa shape index (κ3) is 7.03. The molecule has 2 aromatic carbocycles. The molecule has 0 unspecified atom stereocenters. The number of anilines is 1. The first-order chi connectivity index (χ1) is 17.4. The Bertz CT molecular complexity index is 1120. The summed E-state index contributed by atoms with van der Waals surface area (Å²) in [5.74, 6) is 2.66. The van der Waals surface area contributed by atoms with E-state index >= 15 is 0 Å². The first kappa shape index (κ1) is 30.3. The van der Waals surface area contributed by atoms with Gasteiger partial charge in [0.25, 0.3) is 0 Å². The van der Waals surface area contributed by atoms with Crippen LogP contribution in [0.5, 0.6) is 11.5 Å². The number of carbonyl (C=O) groups is 1. The molecule has 0 atom stereocenters. The molecule has 7 heteroatoms. The highest BCUT2D eigenvalue weighted by molar-refractivity contribution is 6.75.